The molecular formula is C23H23FN6O2. The summed E-state index contributed by atoms with van der Waals surface area (Å²) < 4.78 is 17.2. The van der Waals surface area contributed by atoms with E-state index in [1.807, 2.05) is 13.0 Å². The van der Waals surface area contributed by atoms with Gasteiger partial charge in [-0.1, -0.05) is 0 Å². The molecule has 0 aliphatic carbocycles. The second-order valence-corrected chi connectivity index (χ2v) is 7.75. The molecule has 32 heavy (non-hydrogen) atoms. The number of benzene rings is 1. The van der Waals surface area contributed by atoms with Gasteiger partial charge in [0, 0.05) is 43.4 Å². The van der Waals surface area contributed by atoms with Crippen molar-refractivity contribution in [2.75, 3.05) is 11.9 Å². The number of rotatable bonds is 6. The summed E-state index contributed by atoms with van der Waals surface area (Å²) in [4.78, 5) is 13.9. The maximum atomic E-state index is 13.6. The zero-order valence-corrected chi connectivity index (χ0v) is 17.5. The summed E-state index contributed by atoms with van der Waals surface area (Å²) in [6, 6.07) is 11.0. The molecule has 5 rings (SSSR count). The maximum absolute atomic E-state index is 13.6. The third-order valence-corrected chi connectivity index (χ3v) is 5.73. The van der Waals surface area contributed by atoms with Crippen LogP contribution in [-0.2, 0) is 13.0 Å². The monoisotopic (exact) mass is 434 g/mol. The van der Waals surface area contributed by atoms with Crippen molar-refractivity contribution < 1.29 is 14.6 Å². The average molecular weight is 434 g/mol. The Morgan fingerprint density at radius 1 is 1.06 bits per heavy atom. The van der Waals surface area contributed by atoms with Crippen molar-refractivity contribution in [2.24, 2.45) is 0 Å². The second kappa shape index (κ2) is 7.99. The van der Waals surface area contributed by atoms with Crippen LogP contribution < -0.4 is 5.32 Å². The Labute approximate surface area is 184 Å². The van der Waals surface area contributed by atoms with Gasteiger partial charge in [0.15, 0.2) is 11.8 Å². The first-order valence-corrected chi connectivity index (χ1v) is 10.6. The zero-order chi connectivity index (χ0) is 22.2. The van der Waals surface area contributed by atoms with Crippen LogP contribution in [0.1, 0.15) is 25.2 Å². The fourth-order valence-electron chi connectivity index (χ4n) is 4.28. The molecule has 4 aromatic rings. The highest BCUT2D eigenvalue weighted by Gasteiger charge is 2.31. The molecule has 0 amide bonds. The Morgan fingerprint density at radius 2 is 1.81 bits per heavy atom. The number of hydrogen-bond donors (Lipinski definition) is 3. The fourth-order valence-corrected chi connectivity index (χ4v) is 4.28. The first-order valence-electron chi connectivity index (χ1n) is 10.6. The summed E-state index contributed by atoms with van der Waals surface area (Å²) in [5, 5.41) is 23.4. The molecule has 4 heterocycles. The fraction of sp³-hybridized carbons (Fsp3) is 0.261. The first kappa shape index (κ1) is 20.0. The van der Waals surface area contributed by atoms with Gasteiger partial charge in [-0.25, -0.2) is 19.3 Å². The molecule has 0 fully saturated rings. The molecule has 3 aromatic heterocycles. The van der Waals surface area contributed by atoms with Crippen LogP contribution >= 0.6 is 0 Å². The van der Waals surface area contributed by atoms with Crippen molar-refractivity contribution in [1.29, 1.82) is 0 Å². The van der Waals surface area contributed by atoms with Gasteiger partial charge in [-0.05, 0) is 43.7 Å². The minimum atomic E-state index is -0.310. The van der Waals surface area contributed by atoms with Gasteiger partial charge in [-0.15, -0.1) is 0 Å². The maximum Gasteiger partial charge on any atom is 0.223 e. The lowest BCUT2D eigenvalue weighted by Gasteiger charge is -2.19. The predicted molar refractivity (Wildman–Crippen MR) is 118 cm³/mol. The van der Waals surface area contributed by atoms with Crippen molar-refractivity contribution in [3.63, 3.8) is 0 Å². The largest absolute Gasteiger partial charge is 0.494 e. The number of nitrogens with one attached hydrogen (secondary N) is 1. The standard InChI is InChI=1S/C23H23FN6O2/c1-2-25-23-26-12-11-17(27-23)22-21(14-3-5-15(24)6-4-14)28-18-8-7-16(30(18)22)13-29-19(31)9-10-20(29)32/h3-6,9-12,16,31-32H,2,7-8,13H2,1H3,(H,25,26,27)/t16-/m0/s1. The highest BCUT2D eigenvalue weighted by atomic mass is 19.1. The molecule has 9 heteroatoms. The van der Waals surface area contributed by atoms with Crippen molar-refractivity contribution in [3.05, 3.63) is 60.3 Å². The van der Waals surface area contributed by atoms with Gasteiger partial charge in [0.05, 0.1) is 23.1 Å². The van der Waals surface area contributed by atoms with Crippen molar-refractivity contribution in [2.45, 2.75) is 32.4 Å². The van der Waals surface area contributed by atoms with Gasteiger partial charge in [-0.2, -0.15) is 0 Å². The van der Waals surface area contributed by atoms with Crippen molar-refractivity contribution in [1.82, 2.24) is 24.1 Å². The molecule has 0 bridgehead atoms. The number of aromatic nitrogens is 5. The zero-order valence-electron chi connectivity index (χ0n) is 17.5. The molecule has 1 aromatic carbocycles. The number of anilines is 1. The lowest BCUT2D eigenvalue weighted by atomic mass is 10.1. The smallest absolute Gasteiger partial charge is 0.223 e. The molecule has 0 saturated carbocycles. The van der Waals surface area contributed by atoms with E-state index in [0.29, 0.717) is 30.4 Å². The highest BCUT2D eigenvalue weighted by Crippen LogP contribution is 2.40. The summed E-state index contributed by atoms with van der Waals surface area (Å²) in [5.41, 5.74) is 3.01. The van der Waals surface area contributed by atoms with Crippen LogP contribution in [0, 0.1) is 5.82 Å². The summed E-state index contributed by atoms with van der Waals surface area (Å²) in [6.07, 6.45) is 3.25. The van der Waals surface area contributed by atoms with E-state index in [0.717, 1.165) is 29.9 Å². The van der Waals surface area contributed by atoms with E-state index in [1.54, 1.807) is 18.3 Å². The van der Waals surface area contributed by atoms with Crippen LogP contribution in [-0.4, -0.2) is 40.8 Å². The molecule has 1 atom stereocenters. The molecule has 0 unspecified atom stereocenters. The minimum absolute atomic E-state index is 0.00726. The predicted octanol–water partition coefficient (Wildman–Crippen LogP) is 3.98. The van der Waals surface area contributed by atoms with Crippen LogP contribution in [0.15, 0.2) is 48.7 Å². The second-order valence-electron chi connectivity index (χ2n) is 7.75. The quantitative estimate of drug-likeness (QED) is 0.424. The third kappa shape index (κ3) is 3.45. The summed E-state index contributed by atoms with van der Waals surface area (Å²) in [7, 11) is 0. The first-order chi connectivity index (χ1) is 15.5. The Morgan fingerprint density at radius 3 is 2.53 bits per heavy atom. The Balaban J connectivity index is 1.66. The van der Waals surface area contributed by atoms with E-state index in [1.165, 1.54) is 28.8 Å². The van der Waals surface area contributed by atoms with Crippen LogP contribution in [0.25, 0.3) is 22.6 Å². The number of imidazole rings is 1. The molecule has 1 aliphatic rings. The lowest BCUT2D eigenvalue weighted by Crippen LogP contribution is -2.14. The number of hydrogen-bond acceptors (Lipinski definition) is 6. The number of fused-ring (bicyclic) bond motifs is 1. The molecule has 0 spiro atoms. The van der Waals surface area contributed by atoms with Gasteiger partial charge in [-0.3, -0.25) is 4.57 Å². The van der Waals surface area contributed by atoms with Crippen molar-refractivity contribution in [3.8, 4) is 34.4 Å². The van der Waals surface area contributed by atoms with Gasteiger partial charge >= 0.3 is 0 Å². The normalized spacial score (nSPS) is 15.1. The third-order valence-electron chi connectivity index (χ3n) is 5.73. The van der Waals surface area contributed by atoms with Gasteiger partial charge < -0.3 is 20.1 Å². The van der Waals surface area contributed by atoms with E-state index < -0.39 is 0 Å². The average Bonchev–Trinajstić information content (AvgIpc) is 3.45. The van der Waals surface area contributed by atoms with E-state index in [-0.39, 0.29) is 23.6 Å². The Kier molecular flexibility index (Phi) is 5.01. The van der Waals surface area contributed by atoms with Crippen LogP contribution in [0.3, 0.4) is 0 Å². The Bertz CT molecular complexity index is 1240. The molecule has 1 aliphatic heterocycles. The van der Waals surface area contributed by atoms with Gasteiger partial charge in [0.1, 0.15) is 11.6 Å². The number of aromatic hydroxyl groups is 2. The number of nitrogens with zero attached hydrogens (tertiary/aromatic N) is 5. The highest BCUT2D eigenvalue weighted by molar-refractivity contribution is 5.78. The van der Waals surface area contributed by atoms with E-state index in [9.17, 15) is 14.6 Å². The summed E-state index contributed by atoms with van der Waals surface area (Å²) in [6.45, 7) is 3.05. The van der Waals surface area contributed by atoms with Gasteiger partial charge in [0.25, 0.3) is 0 Å². The van der Waals surface area contributed by atoms with Gasteiger partial charge in [0.2, 0.25) is 5.95 Å². The topological polar surface area (TPSA) is 101 Å². The molecular weight excluding hydrogens is 411 g/mol. The molecule has 8 nitrogen and oxygen atoms in total. The molecule has 164 valence electrons. The SMILES string of the molecule is CCNc1nccc(-c2c(-c3ccc(F)cc3)nc3n2[C@H](Cn2c(O)ccc2O)CC3)n1. The van der Waals surface area contributed by atoms with E-state index in [4.69, 9.17) is 9.97 Å². The summed E-state index contributed by atoms with van der Waals surface area (Å²) >= 11 is 0. The van der Waals surface area contributed by atoms with Crippen LogP contribution in [0.5, 0.6) is 11.8 Å². The number of halogens is 1. The molecule has 0 saturated heterocycles. The van der Waals surface area contributed by atoms with Crippen LogP contribution in [0.4, 0.5) is 10.3 Å². The number of aryl methyl sites for hydroxylation is 1. The van der Waals surface area contributed by atoms with E-state index in [2.05, 4.69) is 14.9 Å². The Hall–Kier alpha value is -3.88. The summed E-state index contributed by atoms with van der Waals surface area (Å²) in [5.74, 6) is 1.11. The lowest BCUT2D eigenvalue weighted by molar-refractivity contribution is 0.335. The van der Waals surface area contributed by atoms with E-state index >= 15 is 0 Å². The molecule has 0 radical (unpaired) electrons. The molecule has 3 N–H and O–H groups in total. The minimum Gasteiger partial charge on any atom is -0.494 e. The van der Waals surface area contributed by atoms with Crippen molar-refractivity contribution >= 4 is 5.95 Å². The van der Waals surface area contributed by atoms with Crippen LogP contribution in [0.2, 0.25) is 0 Å².